The molecule has 4 rings (SSSR count). The summed E-state index contributed by atoms with van der Waals surface area (Å²) in [7, 11) is 3.02. The van der Waals surface area contributed by atoms with Crippen molar-refractivity contribution in [3.63, 3.8) is 0 Å². The summed E-state index contributed by atoms with van der Waals surface area (Å²) in [5.74, 6) is -1.92. The van der Waals surface area contributed by atoms with Crippen LogP contribution in [-0.2, 0) is 19.3 Å². The van der Waals surface area contributed by atoms with Crippen molar-refractivity contribution in [3.05, 3.63) is 105 Å². The lowest BCUT2D eigenvalue weighted by molar-refractivity contribution is -0.137. The van der Waals surface area contributed by atoms with E-state index in [9.17, 15) is 28.3 Å². The minimum atomic E-state index is -5.05. The molecule has 12 heteroatoms. The molecule has 0 heterocycles. The maximum Gasteiger partial charge on any atom is 0.417 e. The van der Waals surface area contributed by atoms with E-state index >= 15 is 4.39 Å². The molecule has 0 radical (unpaired) electrons. The van der Waals surface area contributed by atoms with Gasteiger partial charge in [-0.15, -0.1) is 0 Å². The van der Waals surface area contributed by atoms with Crippen LogP contribution in [0.1, 0.15) is 38.2 Å². The van der Waals surface area contributed by atoms with Gasteiger partial charge < -0.3 is 25.2 Å². The van der Waals surface area contributed by atoms with Crippen molar-refractivity contribution < 1.29 is 36.9 Å². The maximum absolute atomic E-state index is 15.8. The highest BCUT2D eigenvalue weighted by Crippen LogP contribution is 2.48. The van der Waals surface area contributed by atoms with Crippen LogP contribution < -0.4 is 20.1 Å². The quantitative estimate of drug-likeness (QED) is 0.144. The Balaban J connectivity index is 2.04. The number of nitrogens with two attached hydrogens (primary N) is 1. The molecule has 0 aromatic heterocycles. The fourth-order valence-electron chi connectivity index (χ4n) is 4.95. The second kappa shape index (κ2) is 12.7. The lowest BCUT2D eigenvalue weighted by Gasteiger charge is -2.30. The Bertz CT molecular complexity index is 1700. The van der Waals surface area contributed by atoms with Gasteiger partial charge in [-0.3, -0.25) is 0 Å². The highest BCUT2D eigenvalue weighted by Gasteiger charge is 2.40. The fraction of sp³-hybridized carbons (Fsp3) is 0.188. The summed E-state index contributed by atoms with van der Waals surface area (Å²) >= 11 is 6.26. The number of hydrogen-bond donors (Lipinski definition) is 2. The Morgan fingerprint density at radius 2 is 1.48 bits per heavy atom. The molecule has 4 aromatic rings. The van der Waals surface area contributed by atoms with E-state index in [4.69, 9.17) is 26.8 Å². The Morgan fingerprint density at radius 1 is 0.977 bits per heavy atom. The number of nitrogens with zero attached hydrogens (tertiary/aromatic N) is 2. The van der Waals surface area contributed by atoms with Crippen LogP contribution in [-0.4, -0.2) is 25.3 Å². The third-order valence-corrected chi connectivity index (χ3v) is 7.34. The first kappa shape index (κ1) is 32.0. The number of carboxylic acid groups (broad SMARTS) is 1. The zero-order valence-electron chi connectivity index (χ0n) is 23.7. The predicted octanol–water partition coefficient (Wildman–Crippen LogP) is 7.85. The molecule has 3 N–H and O–H groups in total. The number of nitriles is 1. The minimum Gasteiger partial charge on any atom is -0.497 e. The molecule has 44 heavy (non-hydrogen) atoms. The number of rotatable bonds is 9. The summed E-state index contributed by atoms with van der Waals surface area (Å²) in [6, 6.07) is 17.8. The van der Waals surface area contributed by atoms with Crippen LogP contribution in [0.2, 0.25) is 5.02 Å². The van der Waals surface area contributed by atoms with Crippen molar-refractivity contribution in [2.45, 2.75) is 26.2 Å². The predicted molar refractivity (Wildman–Crippen MR) is 159 cm³/mol. The van der Waals surface area contributed by atoms with Crippen LogP contribution in [0.4, 0.5) is 28.9 Å². The molecule has 228 valence electrons. The zero-order valence-corrected chi connectivity index (χ0v) is 24.5. The number of benzene rings is 4. The Labute approximate surface area is 255 Å². The molecule has 0 saturated carbocycles. The van der Waals surface area contributed by atoms with Crippen molar-refractivity contribution in [2.24, 2.45) is 0 Å². The van der Waals surface area contributed by atoms with Gasteiger partial charge in [-0.1, -0.05) is 35.9 Å². The van der Waals surface area contributed by atoms with Crippen LogP contribution >= 0.6 is 11.6 Å². The number of hydrogen-bond acceptors (Lipinski definition) is 6. The van der Waals surface area contributed by atoms with E-state index in [1.54, 1.807) is 53.4 Å². The lowest BCUT2D eigenvalue weighted by atomic mass is 9.88. The van der Waals surface area contributed by atoms with Gasteiger partial charge in [0.05, 0.1) is 47.3 Å². The average molecular weight is 628 g/mol. The summed E-state index contributed by atoms with van der Waals surface area (Å²) in [6.07, 6.45) is -5.05. The van der Waals surface area contributed by atoms with E-state index in [0.29, 0.717) is 11.5 Å². The summed E-state index contributed by atoms with van der Waals surface area (Å²) in [5.41, 5.74) is 1.83. The summed E-state index contributed by atoms with van der Waals surface area (Å²) in [6.45, 7) is 1.45. The minimum absolute atomic E-state index is 0.0657. The van der Waals surface area contributed by atoms with Crippen molar-refractivity contribution in [2.75, 3.05) is 24.9 Å². The monoisotopic (exact) mass is 627 g/mol. The second-order valence-corrected chi connectivity index (χ2v) is 10.2. The number of halogens is 5. The smallest absolute Gasteiger partial charge is 0.417 e. The SMILES string of the molecule is COc1ccc(CN(Cc2ccc(OC)cc2)c2cc(C)c(C(F)(F)F)c(-c3c(Cl)cc(C(=O)O)c(N)c3F)c2C#N)cc1. The number of nitrogen functional groups attached to an aromatic ring is 1. The van der Waals surface area contributed by atoms with Gasteiger partial charge in [-0.2, -0.15) is 18.4 Å². The van der Waals surface area contributed by atoms with E-state index in [1.807, 2.05) is 6.07 Å². The summed E-state index contributed by atoms with van der Waals surface area (Å²) in [5, 5.41) is 19.1. The van der Waals surface area contributed by atoms with Gasteiger partial charge in [0.15, 0.2) is 5.82 Å². The summed E-state index contributed by atoms with van der Waals surface area (Å²) < 4.78 is 70.1. The fourth-order valence-corrected chi connectivity index (χ4v) is 5.23. The number of alkyl halides is 3. The van der Waals surface area contributed by atoms with Gasteiger partial charge in [0.2, 0.25) is 0 Å². The number of aromatic carboxylic acids is 1. The average Bonchev–Trinajstić information content (AvgIpc) is 2.98. The summed E-state index contributed by atoms with van der Waals surface area (Å²) in [4.78, 5) is 13.3. The molecule has 0 aliphatic heterocycles. The number of aryl methyl sites for hydroxylation is 1. The molecule has 0 amide bonds. The van der Waals surface area contributed by atoms with Crippen LogP contribution in [0.25, 0.3) is 11.1 Å². The molecule has 0 atom stereocenters. The highest BCUT2D eigenvalue weighted by molar-refractivity contribution is 6.34. The van der Waals surface area contributed by atoms with E-state index in [0.717, 1.165) is 17.2 Å². The molecule has 0 aliphatic carbocycles. The number of carbonyl (C=O) groups is 1. The topological polar surface area (TPSA) is 109 Å². The number of methoxy groups -OCH3 is 2. The second-order valence-electron chi connectivity index (χ2n) is 9.81. The molecule has 7 nitrogen and oxygen atoms in total. The highest BCUT2D eigenvalue weighted by atomic mass is 35.5. The maximum atomic E-state index is 15.8. The van der Waals surface area contributed by atoms with Crippen molar-refractivity contribution in [1.82, 2.24) is 0 Å². The standard InChI is InChI=1S/C32H26ClF4N3O4/c1-17-12-25(40(15-18-4-8-20(43-2)9-5-18)16-19-6-10-21(44-3)11-7-19)23(14-38)26(28(17)32(35,36)37)27-24(33)13-22(31(41)42)30(39)29(27)34/h4-13H,15-16,39H2,1-3H3,(H,41,42). The van der Waals surface area contributed by atoms with Gasteiger partial charge in [0.1, 0.15) is 17.6 Å². The van der Waals surface area contributed by atoms with E-state index in [2.05, 4.69) is 0 Å². The van der Waals surface area contributed by atoms with Gasteiger partial charge in [0, 0.05) is 24.2 Å². The van der Waals surface area contributed by atoms with E-state index in [1.165, 1.54) is 27.2 Å². The van der Waals surface area contributed by atoms with Gasteiger partial charge >= 0.3 is 12.1 Å². The molecule has 0 fully saturated rings. The normalized spacial score (nSPS) is 11.2. The van der Waals surface area contributed by atoms with Crippen molar-refractivity contribution in [1.29, 1.82) is 5.26 Å². The molecular formula is C32H26ClF4N3O4. The molecule has 0 aliphatic rings. The largest absolute Gasteiger partial charge is 0.497 e. The lowest BCUT2D eigenvalue weighted by Crippen LogP contribution is -2.25. The zero-order chi connectivity index (χ0) is 32.3. The third kappa shape index (κ3) is 6.35. The Morgan fingerprint density at radius 3 is 1.89 bits per heavy atom. The molecule has 4 aromatic carbocycles. The number of anilines is 2. The van der Waals surface area contributed by atoms with Crippen LogP contribution in [0.15, 0.2) is 60.7 Å². The first-order valence-corrected chi connectivity index (χ1v) is 13.3. The number of ether oxygens (including phenoxy) is 2. The molecular weight excluding hydrogens is 602 g/mol. The molecule has 0 unspecified atom stereocenters. The Kier molecular flexibility index (Phi) is 9.25. The molecule has 0 spiro atoms. The van der Waals surface area contributed by atoms with Crippen LogP contribution in [0, 0.1) is 24.1 Å². The first-order valence-electron chi connectivity index (χ1n) is 13.0. The molecule has 0 bridgehead atoms. The molecule has 0 saturated heterocycles. The van der Waals surface area contributed by atoms with Crippen molar-refractivity contribution >= 4 is 28.9 Å². The van der Waals surface area contributed by atoms with Crippen LogP contribution in [0.3, 0.4) is 0 Å². The van der Waals surface area contributed by atoms with E-state index < -0.39 is 56.5 Å². The number of carboxylic acids is 1. The van der Waals surface area contributed by atoms with Gasteiger partial charge in [0.25, 0.3) is 0 Å². The van der Waals surface area contributed by atoms with E-state index in [-0.39, 0.29) is 24.3 Å². The van der Waals surface area contributed by atoms with Crippen molar-refractivity contribution in [3.8, 4) is 28.7 Å². The third-order valence-electron chi connectivity index (χ3n) is 7.04. The first-order chi connectivity index (χ1) is 20.8. The Hall–Kier alpha value is -4.95. The van der Waals surface area contributed by atoms with Gasteiger partial charge in [-0.05, 0) is 60.0 Å². The van der Waals surface area contributed by atoms with Gasteiger partial charge in [-0.25, -0.2) is 9.18 Å². The van der Waals surface area contributed by atoms with Crippen LogP contribution in [0.5, 0.6) is 11.5 Å².